The predicted octanol–water partition coefficient (Wildman–Crippen LogP) is 6.06. The SMILES string of the molecule is CCCSc1ccc(C(CN2CCCC2)NC(=O)c2ccc(Cl)cc2Cl)cc1. The number of carbonyl (C=O) groups is 1. The zero-order valence-electron chi connectivity index (χ0n) is 16.1. The van der Waals surface area contributed by atoms with Gasteiger partial charge in [0, 0.05) is 16.5 Å². The highest BCUT2D eigenvalue weighted by Gasteiger charge is 2.22. The van der Waals surface area contributed by atoms with Gasteiger partial charge in [0.15, 0.2) is 0 Å². The summed E-state index contributed by atoms with van der Waals surface area (Å²) in [5.74, 6) is 0.942. The molecule has 28 heavy (non-hydrogen) atoms. The molecule has 1 saturated heterocycles. The summed E-state index contributed by atoms with van der Waals surface area (Å²) in [6.07, 6.45) is 3.59. The summed E-state index contributed by atoms with van der Waals surface area (Å²) in [5.41, 5.74) is 1.57. The van der Waals surface area contributed by atoms with Crippen molar-refractivity contribution in [1.29, 1.82) is 0 Å². The Morgan fingerprint density at radius 2 is 1.86 bits per heavy atom. The van der Waals surface area contributed by atoms with Crippen molar-refractivity contribution in [2.24, 2.45) is 0 Å². The molecule has 0 radical (unpaired) electrons. The molecular formula is C22H26Cl2N2OS. The van der Waals surface area contributed by atoms with Gasteiger partial charge in [0.05, 0.1) is 16.6 Å². The molecule has 1 amide bonds. The first-order valence-electron chi connectivity index (χ1n) is 9.78. The Balaban J connectivity index is 1.77. The van der Waals surface area contributed by atoms with Crippen LogP contribution in [0.25, 0.3) is 0 Å². The molecule has 0 aromatic heterocycles. The lowest BCUT2D eigenvalue weighted by molar-refractivity contribution is 0.0927. The number of thioether (sulfide) groups is 1. The monoisotopic (exact) mass is 436 g/mol. The van der Waals surface area contributed by atoms with Crippen molar-refractivity contribution in [3.05, 3.63) is 63.6 Å². The Morgan fingerprint density at radius 1 is 1.14 bits per heavy atom. The smallest absolute Gasteiger partial charge is 0.253 e. The van der Waals surface area contributed by atoms with Gasteiger partial charge in [0.2, 0.25) is 0 Å². The average Bonchev–Trinajstić information content (AvgIpc) is 3.19. The molecule has 1 aliphatic rings. The standard InChI is InChI=1S/C22H26Cl2N2OS/c1-2-13-28-18-8-5-16(6-9-18)21(15-26-11-3-4-12-26)25-22(27)19-10-7-17(23)14-20(19)24/h5-10,14,21H,2-4,11-13,15H2,1H3,(H,25,27). The van der Waals surface area contributed by atoms with Gasteiger partial charge in [-0.15, -0.1) is 11.8 Å². The summed E-state index contributed by atoms with van der Waals surface area (Å²) >= 11 is 14.1. The number of carbonyl (C=O) groups excluding carboxylic acids is 1. The van der Waals surface area contributed by atoms with Crippen molar-refractivity contribution in [1.82, 2.24) is 10.2 Å². The molecule has 0 saturated carbocycles. The van der Waals surface area contributed by atoms with Crippen LogP contribution in [0.3, 0.4) is 0 Å². The Labute approximate surface area is 181 Å². The zero-order chi connectivity index (χ0) is 19.9. The van der Waals surface area contributed by atoms with Crippen molar-refractivity contribution in [3.63, 3.8) is 0 Å². The van der Waals surface area contributed by atoms with E-state index in [9.17, 15) is 4.79 Å². The maximum absolute atomic E-state index is 12.9. The van der Waals surface area contributed by atoms with E-state index in [4.69, 9.17) is 23.2 Å². The van der Waals surface area contributed by atoms with Gasteiger partial charge in [0.25, 0.3) is 5.91 Å². The molecule has 1 atom stereocenters. The topological polar surface area (TPSA) is 32.3 Å². The molecular weight excluding hydrogens is 411 g/mol. The van der Waals surface area contributed by atoms with E-state index in [-0.39, 0.29) is 11.9 Å². The molecule has 1 aliphatic heterocycles. The lowest BCUT2D eigenvalue weighted by Crippen LogP contribution is -2.37. The van der Waals surface area contributed by atoms with Crippen molar-refractivity contribution < 1.29 is 4.79 Å². The number of hydrogen-bond acceptors (Lipinski definition) is 3. The zero-order valence-corrected chi connectivity index (χ0v) is 18.4. The quantitative estimate of drug-likeness (QED) is 0.510. The van der Waals surface area contributed by atoms with Gasteiger partial charge in [-0.1, -0.05) is 42.3 Å². The predicted molar refractivity (Wildman–Crippen MR) is 120 cm³/mol. The van der Waals surface area contributed by atoms with Crippen LogP contribution in [0.2, 0.25) is 10.0 Å². The second-order valence-electron chi connectivity index (χ2n) is 7.08. The van der Waals surface area contributed by atoms with Gasteiger partial charge < -0.3 is 10.2 Å². The van der Waals surface area contributed by atoms with E-state index >= 15 is 0 Å². The first kappa shape index (κ1) is 21.5. The molecule has 1 heterocycles. The van der Waals surface area contributed by atoms with Gasteiger partial charge in [-0.25, -0.2) is 0 Å². The molecule has 3 nitrogen and oxygen atoms in total. The number of likely N-dealkylation sites (tertiary alicyclic amines) is 1. The van der Waals surface area contributed by atoms with Crippen LogP contribution < -0.4 is 5.32 Å². The maximum atomic E-state index is 12.9. The number of halogens is 2. The fraction of sp³-hybridized carbons (Fsp3) is 0.409. The highest BCUT2D eigenvalue weighted by Crippen LogP contribution is 2.25. The Hall–Kier alpha value is -1.20. The summed E-state index contributed by atoms with van der Waals surface area (Å²) in [5, 5.41) is 4.08. The molecule has 0 bridgehead atoms. The van der Waals surface area contributed by atoms with Gasteiger partial charge in [-0.3, -0.25) is 4.79 Å². The summed E-state index contributed by atoms with van der Waals surface area (Å²) in [4.78, 5) is 16.6. The fourth-order valence-electron chi connectivity index (χ4n) is 3.38. The molecule has 2 aromatic carbocycles. The van der Waals surface area contributed by atoms with Gasteiger partial charge >= 0.3 is 0 Å². The van der Waals surface area contributed by atoms with Crippen LogP contribution in [-0.4, -0.2) is 36.2 Å². The molecule has 3 rings (SSSR count). The van der Waals surface area contributed by atoms with E-state index in [1.54, 1.807) is 18.2 Å². The minimum atomic E-state index is -0.171. The summed E-state index contributed by atoms with van der Waals surface area (Å²) in [6.45, 7) is 5.15. The van der Waals surface area contributed by atoms with E-state index < -0.39 is 0 Å². The first-order chi connectivity index (χ1) is 13.6. The van der Waals surface area contributed by atoms with Crippen LogP contribution in [0.4, 0.5) is 0 Å². The first-order valence-corrected chi connectivity index (χ1v) is 11.5. The lowest BCUT2D eigenvalue weighted by atomic mass is 10.1. The Morgan fingerprint density at radius 3 is 2.50 bits per heavy atom. The largest absolute Gasteiger partial charge is 0.344 e. The molecule has 6 heteroatoms. The van der Waals surface area contributed by atoms with Crippen molar-refractivity contribution in [2.75, 3.05) is 25.4 Å². The van der Waals surface area contributed by atoms with Crippen molar-refractivity contribution in [3.8, 4) is 0 Å². The van der Waals surface area contributed by atoms with Crippen LogP contribution in [0.5, 0.6) is 0 Å². The lowest BCUT2D eigenvalue weighted by Gasteiger charge is -2.25. The van der Waals surface area contributed by atoms with Crippen LogP contribution in [0, 0.1) is 0 Å². The third-order valence-corrected chi connectivity index (χ3v) is 6.64. The van der Waals surface area contributed by atoms with E-state index in [0.717, 1.165) is 37.4 Å². The highest BCUT2D eigenvalue weighted by molar-refractivity contribution is 7.99. The second-order valence-corrected chi connectivity index (χ2v) is 9.09. The Bertz CT molecular complexity index is 792. The number of nitrogens with one attached hydrogen (secondary N) is 1. The minimum absolute atomic E-state index is 0.0810. The van der Waals surface area contributed by atoms with Gasteiger partial charge in [0.1, 0.15) is 0 Å². The summed E-state index contributed by atoms with van der Waals surface area (Å²) < 4.78 is 0. The molecule has 0 spiro atoms. The number of rotatable bonds is 8. The van der Waals surface area contributed by atoms with E-state index in [0.29, 0.717) is 15.6 Å². The van der Waals surface area contributed by atoms with Crippen LogP contribution >= 0.6 is 35.0 Å². The van der Waals surface area contributed by atoms with Crippen molar-refractivity contribution in [2.45, 2.75) is 37.1 Å². The maximum Gasteiger partial charge on any atom is 0.253 e. The number of amides is 1. The minimum Gasteiger partial charge on any atom is -0.344 e. The summed E-state index contributed by atoms with van der Waals surface area (Å²) in [6, 6.07) is 13.4. The van der Waals surface area contributed by atoms with Crippen LogP contribution in [0.15, 0.2) is 47.4 Å². The Kier molecular flexibility index (Phi) is 8.10. The molecule has 2 aromatic rings. The van der Waals surface area contributed by atoms with Crippen molar-refractivity contribution >= 4 is 40.9 Å². The van der Waals surface area contributed by atoms with Gasteiger partial charge in [-0.05, 0) is 74.0 Å². The van der Waals surface area contributed by atoms with Gasteiger partial charge in [-0.2, -0.15) is 0 Å². The van der Waals surface area contributed by atoms with Crippen LogP contribution in [0.1, 0.15) is 48.1 Å². The average molecular weight is 437 g/mol. The number of benzene rings is 2. The summed E-state index contributed by atoms with van der Waals surface area (Å²) in [7, 11) is 0. The molecule has 1 N–H and O–H groups in total. The highest BCUT2D eigenvalue weighted by atomic mass is 35.5. The normalized spacial score (nSPS) is 15.5. The second kappa shape index (κ2) is 10.5. The molecule has 1 fully saturated rings. The van der Waals surface area contributed by atoms with E-state index in [2.05, 4.69) is 41.4 Å². The fourth-order valence-corrected chi connectivity index (χ4v) is 4.65. The number of hydrogen-bond donors (Lipinski definition) is 1. The van der Waals surface area contributed by atoms with E-state index in [1.165, 1.54) is 17.7 Å². The number of nitrogens with zero attached hydrogens (tertiary/aromatic N) is 1. The molecule has 150 valence electrons. The van der Waals surface area contributed by atoms with Crippen LogP contribution in [-0.2, 0) is 0 Å². The molecule has 1 unspecified atom stereocenters. The molecule has 0 aliphatic carbocycles. The third kappa shape index (κ3) is 5.90. The third-order valence-electron chi connectivity index (χ3n) is 4.88. The van der Waals surface area contributed by atoms with E-state index in [1.807, 2.05) is 11.8 Å².